The Labute approximate surface area is 103 Å². The van der Waals surface area contributed by atoms with Gasteiger partial charge in [0, 0.05) is 17.3 Å². The van der Waals surface area contributed by atoms with Gasteiger partial charge in [-0.15, -0.1) is 11.3 Å². The zero-order valence-electron chi connectivity index (χ0n) is 8.63. The van der Waals surface area contributed by atoms with E-state index in [0.717, 1.165) is 15.8 Å². The third kappa shape index (κ3) is 3.15. The molecule has 0 aliphatic heterocycles. The number of nitrogens with two attached hydrogens (primary N) is 1. The van der Waals surface area contributed by atoms with Crippen molar-refractivity contribution >= 4 is 28.8 Å². The summed E-state index contributed by atoms with van der Waals surface area (Å²) in [5, 5.41) is 1.97. The molecule has 84 valence electrons. The fourth-order valence-corrected chi connectivity index (χ4v) is 2.70. The van der Waals surface area contributed by atoms with E-state index < -0.39 is 0 Å². The minimum absolute atomic E-state index is 0.637. The Balaban J connectivity index is 1.74. The van der Waals surface area contributed by atoms with Crippen LogP contribution in [0.25, 0.3) is 0 Å². The van der Waals surface area contributed by atoms with Gasteiger partial charge in [0.2, 0.25) is 0 Å². The van der Waals surface area contributed by atoms with E-state index in [0.29, 0.717) is 12.3 Å². The maximum atomic E-state index is 5.76. The molecular weight excluding hydrogens is 240 g/mol. The lowest BCUT2D eigenvalue weighted by Gasteiger charge is -2.07. The van der Waals surface area contributed by atoms with Crippen molar-refractivity contribution in [2.75, 3.05) is 18.1 Å². The van der Waals surface area contributed by atoms with Crippen LogP contribution >= 0.6 is 23.1 Å². The molecule has 1 aromatic heterocycles. The van der Waals surface area contributed by atoms with Gasteiger partial charge in [-0.1, -0.05) is 23.9 Å². The SMILES string of the molecule is Nc1ccccc1OCCSc1nccs1. The molecule has 0 fully saturated rings. The highest BCUT2D eigenvalue weighted by molar-refractivity contribution is 8.01. The molecule has 0 saturated heterocycles. The molecule has 0 aliphatic rings. The van der Waals surface area contributed by atoms with Gasteiger partial charge in [-0.2, -0.15) is 0 Å². The van der Waals surface area contributed by atoms with Gasteiger partial charge in [0.25, 0.3) is 0 Å². The molecule has 2 aromatic rings. The first-order valence-corrected chi connectivity index (χ1v) is 6.72. The van der Waals surface area contributed by atoms with Crippen LogP contribution in [0, 0.1) is 0 Å². The van der Waals surface area contributed by atoms with Crippen molar-refractivity contribution in [1.82, 2.24) is 4.98 Å². The molecule has 1 aromatic carbocycles. The summed E-state index contributed by atoms with van der Waals surface area (Å²) >= 11 is 3.34. The van der Waals surface area contributed by atoms with Crippen LogP contribution in [-0.2, 0) is 0 Å². The first-order chi connectivity index (χ1) is 7.86. The summed E-state index contributed by atoms with van der Waals surface area (Å²) in [6, 6.07) is 7.53. The minimum Gasteiger partial charge on any atom is -0.491 e. The van der Waals surface area contributed by atoms with Crippen molar-refractivity contribution in [3.8, 4) is 5.75 Å². The van der Waals surface area contributed by atoms with Crippen LogP contribution in [0.4, 0.5) is 5.69 Å². The summed E-state index contributed by atoms with van der Waals surface area (Å²) in [5.74, 6) is 1.63. The predicted octanol–water partition coefficient (Wildman–Crippen LogP) is 2.90. The number of para-hydroxylation sites is 2. The molecule has 0 spiro atoms. The Morgan fingerprint density at radius 1 is 1.38 bits per heavy atom. The maximum Gasteiger partial charge on any atom is 0.149 e. The molecule has 0 amide bonds. The monoisotopic (exact) mass is 252 g/mol. The molecule has 0 radical (unpaired) electrons. The largest absolute Gasteiger partial charge is 0.491 e. The van der Waals surface area contributed by atoms with Crippen molar-refractivity contribution in [1.29, 1.82) is 0 Å². The number of anilines is 1. The smallest absolute Gasteiger partial charge is 0.149 e. The van der Waals surface area contributed by atoms with Crippen LogP contribution in [-0.4, -0.2) is 17.3 Å². The average molecular weight is 252 g/mol. The van der Waals surface area contributed by atoms with Crippen LogP contribution in [0.3, 0.4) is 0 Å². The molecule has 0 atom stereocenters. The number of aromatic nitrogens is 1. The number of ether oxygens (including phenoxy) is 1. The molecule has 0 aliphatic carbocycles. The molecular formula is C11H12N2OS2. The van der Waals surface area contributed by atoms with E-state index in [1.54, 1.807) is 23.1 Å². The molecule has 1 heterocycles. The topological polar surface area (TPSA) is 48.1 Å². The molecule has 0 saturated carbocycles. The van der Waals surface area contributed by atoms with E-state index in [2.05, 4.69) is 4.98 Å². The second-order valence-electron chi connectivity index (χ2n) is 3.03. The van der Waals surface area contributed by atoms with E-state index in [1.165, 1.54) is 0 Å². The van der Waals surface area contributed by atoms with Crippen LogP contribution in [0.2, 0.25) is 0 Å². The van der Waals surface area contributed by atoms with E-state index >= 15 is 0 Å². The van der Waals surface area contributed by atoms with E-state index in [4.69, 9.17) is 10.5 Å². The highest BCUT2D eigenvalue weighted by Crippen LogP contribution is 2.22. The van der Waals surface area contributed by atoms with Gasteiger partial charge in [-0.05, 0) is 12.1 Å². The Morgan fingerprint density at radius 2 is 2.25 bits per heavy atom. The molecule has 3 nitrogen and oxygen atoms in total. The predicted molar refractivity (Wildman–Crippen MR) is 69.2 cm³/mol. The number of thioether (sulfide) groups is 1. The van der Waals surface area contributed by atoms with E-state index in [9.17, 15) is 0 Å². The number of benzene rings is 1. The van der Waals surface area contributed by atoms with Gasteiger partial charge >= 0.3 is 0 Å². The number of nitrogens with zero attached hydrogens (tertiary/aromatic N) is 1. The average Bonchev–Trinajstić information content (AvgIpc) is 2.79. The normalized spacial score (nSPS) is 10.2. The summed E-state index contributed by atoms with van der Waals surface area (Å²) < 4.78 is 6.64. The molecule has 0 unspecified atom stereocenters. The second-order valence-corrected chi connectivity index (χ2v) is 5.27. The molecule has 5 heteroatoms. The fourth-order valence-electron chi connectivity index (χ4n) is 1.17. The molecule has 2 rings (SSSR count). The highest BCUT2D eigenvalue weighted by Gasteiger charge is 1.99. The fraction of sp³-hybridized carbons (Fsp3) is 0.182. The lowest BCUT2D eigenvalue weighted by atomic mass is 10.3. The maximum absolute atomic E-state index is 5.76. The van der Waals surface area contributed by atoms with Gasteiger partial charge in [-0.3, -0.25) is 0 Å². The van der Waals surface area contributed by atoms with Crippen LogP contribution in [0.5, 0.6) is 5.75 Å². The highest BCUT2D eigenvalue weighted by atomic mass is 32.2. The van der Waals surface area contributed by atoms with Crippen molar-refractivity contribution in [2.45, 2.75) is 4.34 Å². The minimum atomic E-state index is 0.637. The summed E-state index contributed by atoms with van der Waals surface area (Å²) in [6.07, 6.45) is 1.81. The molecule has 2 N–H and O–H groups in total. The zero-order chi connectivity index (χ0) is 11.2. The van der Waals surface area contributed by atoms with Gasteiger partial charge in [-0.25, -0.2) is 4.98 Å². The van der Waals surface area contributed by atoms with Crippen molar-refractivity contribution in [2.24, 2.45) is 0 Å². The van der Waals surface area contributed by atoms with Gasteiger partial charge in [0.05, 0.1) is 12.3 Å². The number of nitrogen functional groups attached to an aromatic ring is 1. The summed E-state index contributed by atoms with van der Waals surface area (Å²) in [4.78, 5) is 4.18. The molecule has 0 bridgehead atoms. The van der Waals surface area contributed by atoms with Gasteiger partial charge in [0.15, 0.2) is 0 Å². The summed E-state index contributed by atoms with van der Waals surface area (Å²) in [7, 11) is 0. The van der Waals surface area contributed by atoms with Crippen LogP contribution in [0.15, 0.2) is 40.2 Å². The van der Waals surface area contributed by atoms with Crippen LogP contribution in [0.1, 0.15) is 0 Å². The standard InChI is InChI=1S/C11H12N2OS2/c12-9-3-1-2-4-10(9)14-6-8-16-11-13-5-7-15-11/h1-5,7H,6,8,12H2. The Bertz CT molecular complexity index is 431. The van der Waals surface area contributed by atoms with Gasteiger partial charge in [0.1, 0.15) is 10.1 Å². The first-order valence-electron chi connectivity index (χ1n) is 4.86. The second kappa shape index (κ2) is 5.77. The number of rotatable bonds is 5. The molecule has 16 heavy (non-hydrogen) atoms. The van der Waals surface area contributed by atoms with Crippen molar-refractivity contribution in [3.63, 3.8) is 0 Å². The Morgan fingerprint density at radius 3 is 3.00 bits per heavy atom. The zero-order valence-corrected chi connectivity index (χ0v) is 10.3. The number of hydrogen-bond acceptors (Lipinski definition) is 5. The first kappa shape index (κ1) is 11.3. The lowest BCUT2D eigenvalue weighted by Crippen LogP contribution is -2.02. The summed E-state index contributed by atoms with van der Waals surface area (Å²) in [6.45, 7) is 0.637. The lowest BCUT2D eigenvalue weighted by molar-refractivity contribution is 0.346. The quantitative estimate of drug-likeness (QED) is 0.505. The van der Waals surface area contributed by atoms with E-state index in [-0.39, 0.29) is 0 Å². The van der Waals surface area contributed by atoms with E-state index in [1.807, 2.05) is 35.8 Å². The van der Waals surface area contributed by atoms with Crippen molar-refractivity contribution in [3.05, 3.63) is 35.8 Å². The Hall–Kier alpha value is -1.20. The third-order valence-corrected chi connectivity index (χ3v) is 3.83. The number of thiazole rings is 1. The summed E-state index contributed by atoms with van der Waals surface area (Å²) in [5.41, 5.74) is 6.44. The Kier molecular flexibility index (Phi) is 4.07. The van der Waals surface area contributed by atoms with Gasteiger partial charge < -0.3 is 10.5 Å². The third-order valence-electron chi connectivity index (χ3n) is 1.90. The number of hydrogen-bond donors (Lipinski definition) is 1. The van der Waals surface area contributed by atoms with Crippen LogP contribution < -0.4 is 10.5 Å². The van der Waals surface area contributed by atoms with Crippen molar-refractivity contribution < 1.29 is 4.74 Å².